The van der Waals surface area contributed by atoms with E-state index in [-0.39, 0.29) is 0 Å². The van der Waals surface area contributed by atoms with Crippen LogP contribution in [0, 0.1) is 0 Å². The maximum absolute atomic E-state index is 5.05. The summed E-state index contributed by atoms with van der Waals surface area (Å²) in [6, 6.07) is 7.42. The molecule has 18 heavy (non-hydrogen) atoms. The number of thioether (sulfide) groups is 1. The van der Waals surface area contributed by atoms with Crippen LogP contribution in [0.1, 0.15) is 24.8 Å². The number of nitrogens with one attached hydrogen (secondary N) is 1. The second-order valence-electron chi connectivity index (χ2n) is 4.60. The van der Waals surface area contributed by atoms with Gasteiger partial charge in [0.2, 0.25) is 0 Å². The third-order valence-electron chi connectivity index (χ3n) is 2.94. The smallest absolute Gasteiger partial charge is 0.0470 e. The molecule has 2 nitrogen and oxygen atoms in total. The van der Waals surface area contributed by atoms with Crippen molar-refractivity contribution in [3.05, 3.63) is 28.2 Å². The first kappa shape index (κ1) is 14.4. The molecule has 0 unspecified atom stereocenters. The zero-order chi connectivity index (χ0) is 12.8. The van der Waals surface area contributed by atoms with Gasteiger partial charge in [-0.1, -0.05) is 22.0 Å². The maximum Gasteiger partial charge on any atom is 0.0470 e. The van der Waals surface area contributed by atoms with Gasteiger partial charge in [-0.15, -0.1) is 11.8 Å². The van der Waals surface area contributed by atoms with Crippen LogP contribution in [0.3, 0.4) is 0 Å². The minimum absolute atomic E-state index is 0.764. The standard InChI is InChI=1S/C14H20BrNOS/c1-17-7-2-8-18-13-6-3-11(14(15)9-13)10-16-12-4-5-12/h3,6,9,12,16H,2,4-5,7-8,10H2,1H3. The number of hydrogen-bond acceptors (Lipinski definition) is 3. The zero-order valence-corrected chi connectivity index (χ0v) is 13.1. The molecule has 1 aliphatic rings. The van der Waals surface area contributed by atoms with Gasteiger partial charge in [-0.25, -0.2) is 0 Å². The van der Waals surface area contributed by atoms with Crippen molar-refractivity contribution >= 4 is 27.7 Å². The zero-order valence-electron chi connectivity index (χ0n) is 10.7. The van der Waals surface area contributed by atoms with Crippen molar-refractivity contribution in [2.45, 2.75) is 36.7 Å². The summed E-state index contributed by atoms with van der Waals surface area (Å²) >= 11 is 5.55. The fourth-order valence-electron chi connectivity index (χ4n) is 1.70. The molecular weight excluding hydrogens is 310 g/mol. The predicted molar refractivity (Wildman–Crippen MR) is 81.2 cm³/mol. The molecular formula is C14H20BrNOS. The molecule has 0 radical (unpaired) electrons. The van der Waals surface area contributed by atoms with Gasteiger partial charge < -0.3 is 10.1 Å². The highest BCUT2D eigenvalue weighted by atomic mass is 79.9. The van der Waals surface area contributed by atoms with Crippen LogP contribution in [-0.2, 0) is 11.3 Å². The minimum atomic E-state index is 0.764. The first-order valence-corrected chi connectivity index (χ1v) is 8.21. The molecule has 1 N–H and O–H groups in total. The average molecular weight is 330 g/mol. The van der Waals surface area contributed by atoms with Crippen molar-refractivity contribution in [1.82, 2.24) is 5.32 Å². The Morgan fingerprint density at radius 2 is 2.28 bits per heavy atom. The van der Waals surface area contributed by atoms with E-state index in [1.54, 1.807) is 7.11 Å². The van der Waals surface area contributed by atoms with Crippen LogP contribution in [0.15, 0.2) is 27.6 Å². The normalized spacial score (nSPS) is 15.0. The molecule has 1 aromatic carbocycles. The molecule has 1 fully saturated rings. The van der Waals surface area contributed by atoms with Crippen molar-refractivity contribution in [3.63, 3.8) is 0 Å². The SMILES string of the molecule is COCCCSc1ccc(CNC2CC2)c(Br)c1. The van der Waals surface area contributed by atoms with E-state index in [1.165, 1.54) is 27.8 Å². The van der Waals surface area contributed by atoms with E-state index >= 15 is 0 Å². The van der Waals surface area contributed by atoms with Crippen molar-refractivity contribution in [2.75, 3.05) is 19.5 Å². The largest absolute Gasteiger partial charge is 0.385 e. The lowest BCUT2D eigenvalue weighted by Gasteiger charge is -2.08. The Morgan fingerprint density at radius 1 is 1.44 bits per heavy atom. The summed E-state index contributed by atoms with van der Waals surface area (Å²) < 4.78 is 6.27. The molecule has 100 valence electrons. The number of hydrogen-bond donors (Lipinski definition) is 1. The Hall–Kier alpha value is -0.0300. The Labute approximate surface area is 122 Å². The maximum atomic E-state index is 5.05. The number of methoxy groups -OCH3 is 1. The van der Waals surface area contributed by atoms with Crippen LogP contribution in [0.25, 0.3) is 0 Å². The molecule has 1 saturated carbocycles. The van der Waals surface area contributed by atoms with Crippen LogP contribution < -0.4 is 5.32 Å². The summed E-state index contributed by atoms with van der Waals surface area (Å²) in [6.07, 6.45) is 3.78. The Balaban J connectivity index is 1.79. The monoisotopic (exact) mass is 329 g/mol. The fourth-order valence-corrected chi connectivity index (χ4v) is 3.23. The third kappa shape index (κ3) is 4.92. The van der Waals surface area contributed by atoms with E-state index in [0.717, 1.165) is 31.4 Å². The van der Waals surface area contributed by atoms with Gasteiger partial charge in [-0.05, 0) is 37.0 Å². The molecule has 0 amide bonds. The van der Waals surface area contributed by atoms with Gasteiger partial charge in [0.15, 0.2) is 0 Å². The molecule has 1 aliphatic carbocycles. The van der Waals surface area contributed by atoms with Crippen molar-refractivity contribution in [1.29, 1.82) is 0 Å². The molecule has 0 aliphatic heterocycles. The second kappa shape index (κ2) is 7.53. The summed E-state index contributed by atoms with van der Waals surface area (Å²) in [4.78, 5) is 1.33. The van der Waals surface area contributed by atoms with Gasteiger partial charge in [0, 0.05) is 41.4 Å². The number of halogens is 1. The van der Waals surface area contributed by atoms with Crippen LogP contribution in [-0.4, -0.2) is 25.5 Å². The molecule has 0 aromatic heterocycles. The van der Waals surface area contributed by atoms with Gasteiger partial charge in [0.25, 0.3) is 0 Å². The quantitative estimate of drug-likeness (QED) is 0.578. The summed E-state index contributed by atoms with van der Waals surface area (Å²) in [5, 5.41) is 3.54. The van der Waals surface area contributed by atoms with Gasteiger partial charge >= 0.3 is 0 Å². The van der Waals surface area contributed by atoms with Gasteiger partial charge in [0.1, 0.15) is 0 Å². The van der Waals surface area contributed by atoms with E-state index in [2.05, 4.69) is 39.4 Å². The van der Waals surface area contributed by atoms with E-state index < -0.39 is 0 Å². The molecule has 0 atom stereocenters. The van der Waals surface area contributed by atoms with Gasteiger partial charge in [0.05, 0.1) is 0 Å². The lowest BCUT2D eigenvalue weighted by molar-refractivity contribution is 0.200. The number of benzene rings is 1. The van der Waals surface area contributed by atoms with E-state index in [4.69, 9.17) is 4.74 Å². The molecule has 1 aromatic rings. The highest BCUT2D eigenvalue weighted by Crippen LogP contribution is 2.27. The Morgan fingerprint density at radius 3 is 2.94 bits per heavy atom. The first-order chi connectivity index (χ1) is 8.79. The van der Waals surface area contributed by atoms with Crippen molar-refractivity contribution < 1.29 is 4.74 Å². The summed E-state index contributed by atoms with van der Waals surface area (Å²) in [7, 11) is 1.75. The van der Waals surface area contributed by atoms with E-state index in [0.29, 0.717) is 0 Å². The van der Waals surface area contributed by atoms with Crippen LogP contribution in [0.4, 0.5) is 0 Å². The number of ether oxygens (including phenoxy) is 1. The summed E-state index contributed by atoms with van der Waals surface area (Å²) in [5.74, 6) is 1.11. The topological polar surface area (TPSA) is 21.3 Å². The second-order valence-corrected chi connectivity index (χ2v) is 6.63. The Bertz CT molecular complexity index is 382. The van der Waals surface area contributed by atoms with Crippen LogP contribution >= 0.6 is 27.7 Å². The van der Waals surface area contributed by atoms with Crippen LogP contribution in [0.2, 0.25) is 0 Å². The molecule has 4 heteroatoms. The van der Waals surface area contributed by atoms with Crippen LogP contribution in [0.5, 0.6) is 0 Å². The number of rotatable bonds is 8. The predicted octanol–water partition coefficient (Wildman–Crippen LogP) is 3.83. The average Bonchev–Trinajstić information content (AvgIpc) is 3.18. The van der Waals surface area contributed by atoms with E-state index in [9.17, 15) is 0 Å². The van der Waals surface area contributed by atoms with Gasteiger partial charge in [-0.2, -0.15) is 0 Å². The van der Waals surface area contributed by atoms with Crippen molar-refractivity contribution in [2.24, 2.45) is 0 Å². The fraction of sp³-hybridized carbons (Fsp3) is 0.571. The highest BCUT2D eigenvalue weighted by molar-refractivity contribution is 9.10. The highest BCUT2D eigenvalue weighted by Gasteiger charge is 2.20. The first-order valence-electron chi connectivity index (χ1n) is 6.43. The molecule has 0 saturated heterocycles. The lowest BCUT2D eigenvalue weighted by atomic mass is 10.2. The molecule has 2 rings (SSSR count). The summed E-state index contributed by atoms with van der Waals surface area (Å²) in [5.41, 5.74) is 1.35. The Kier molecular flexibility index (Phi) is 6.02. The molecule has 0 spiro atoms. The molecule has 0 heterocycles. The minimum Gasteiger partial charge on any atom is -0.385 e. The third-order valence-corrected chi connectivity index (χ3v) is 4.76. The van der Waals surface area contributed by atoms with Crippen molar-refractivity contribution in [3.8, 4) is 0 Å². The molecule has 0 bridgehead atoms. The summed E-state index contributed by atoms with van der Waals surface area (Å²) in [6.45, 7) is 1.82. The van der Waals surface area contributed by atoms with E-state index in [1.807, 2.05) is 11.8 Å². The lowest BCUT2D eigenvalue weighted by Crippen LogP contribution is -2.15. The van der Waals surface area contributed by atoms with Gasteiger partial charge in [-0.3, -0.25) is 0 Å².